The first-order valence-corrected chi connectivity index (χ1v) is 13.5. The van der Waals surface area contributed by atoms with Crippen LogP contribution in [0.1, 0.15) is 30.8 Å². The van der Waals surface area contributed by atoms with Crippen LogP contribution in [-0.4, -0.2) is 77.9 Å². The highest BCUT2D eigenvalue weighted by atomic mass is 16.4. The molecule has 3 amide bonds. The number of aliphatic carboxylic acids is 1. The molecule has 4 rings (SSSR count). The van der Waals surface area contributed by atoms with E-state index in [1.807, 2.05) is 24.3 Å². The van der Waals surface area contributed by atoms with Crippen molar-refractivity contribution in [3.05, 3.63) is 72.5 Å². The Hall–Kier alpha value is -4.98. The number of imidazole rings is 2. The van der Waals surface area contributed by atoms with Crippen molar-refractivity contribution in [2.24, 2.45) is 11.7 Å². The minimum atomic E-state index is -1.26. The van der Waals surface area contributed by atoms with Crippen molar-refractivity contribution in [1.29, 1.82) is 0 Å². The molecule has 4 atom stereocenters. The molecule has 1 aromatic carbocycles. The number of benzene rings is 1. The van der Waals surface area contributed by atoms with Crippen molar-refractivity contribution < 1.29 is 24.3 Å². The first-order valence-electron chi connectivity index (χ1n) is 13.5. The second-order valence-electron chi connectivity index (χ2n) is 10.4. The lowest BCUT2D eigenvalue weighted by Gasteiger charge is -2.27. The minimum absolute atomic E-state index is 0.00903. The zero-order valence-corrected chi connectivity index (χ0v) is 23.3. The van der Waals surface area contributed by atoms with Gasteiger partial charge in [0.25, 0.3) is 0 Å². The van der Waals surface area contributed by atoms with Crippen LogP contribution >= 0.6 is 0 Å². The number of nitrogens with zero attached hydrogens (tertiary/aromatic N) is 2. The molecule has 0 fully saturated rings. The smallest absolute Gasteiger partial charge is 0.326 e. The highest BCUT2D eigenvalue weighted by molar-refractivity contribution is 5.94. The molecule has 222 valence electrons. The standard InChI is InChI=1S/C28H35N9O5/c1-15(2)24(37-25(38)20(29)8-17-11-30-13-33-17)27(40)35-22(9-18-12-31-14-34-18)26(39)36-23(28(41)42)7-16-10-32-21-6-4-3-5-19(16)21/h3-6,10-15,20,22-24,32H,7-9,29H2,1-2H3,(H,30,33)(H,31,34)(H,35,40)(H,36,39)(H,37,38)(H,41,42). The van der Waals surface area contributed by atoms with E-state index in [1.165, 1.54) is 18.9 Å². The monoisotopic (exact) mass is 577 g/mol. The topological polar surface area (TPSA) is 224 Å². The van der Waals surface area contributed by atoms with Crippen molar-refractivity contribution >= 4 is 34.6 Å². The van der Waals surface area contributed by atoms with Crippen LogP contribution in [0.2, 0.25) is 0 Å². The van der Waals surface area contributed by atoms with E-state index < -0.39 is 47.9 Å². The summed E-state index contributed by atoms with van der Waals surface area (Å²) in [5, 5.41) is 18.7. The van der Waals surface area contributed by atoms with Crippen LogP contribution in [0.5, 0.6) is 0 Å². The minimum Gasteiger partial charge on any atom is -0.480 e. The van der Waals surface area contributed by atoms with Gasteiger partial charge in [0.1, 0.15) is 18.1 Å². The van der Waals surface area contributed by atoms with Gasteiger partial charge in [-0.05, 0) is 17.5 Å². The fourth-order valence-corrected chi connectivity index (χ4v) is 4.60. The molecular weight excluding hydrogens is 542 g/mol. The van der Waals surface area contributed by atoms with Crippen molar-refractivity contribution in [3.63, 3.8) is 0 Å². The Morgan fingerprint density at radius 2 is 1.48 bits per heavy atom. The van der Waals surface area contributed by atoms with Crippen molar-refractivity contribution in [2.75, 3.05) is 0 Å². The van der Waals surface area contributed by atoms with Gasteiger partial charge in [-0.15, -0.1) is 0 Å². The largest absolute Gasteiger partial charge is 0.480 e. The van der Waals surface area contributed by atoms with E-state index in [-0.39, 0.29) is 25.2 Å². The van der Waals surface area contributed by atoms with E-state index in [0.29, 0.717) is 11.4 Å². The van der Waals surface area contributed by atoms with Gasteiger partial charge in [-0.1, -0.05) is 32.0 Å². The summed E-state index contributed by atoms with van der Waals surface area (Å²) < 4.78 is 0. The van der Waals surface area contributed by atoms with Gasteiger partial charge in [-0.2, -0.15) is 0 Å². The second kappa shape index (κ2) is 13.6. The molecule has 14 nitrogen and oxygen atoms in total. The van der Waals surface area contributed by atoms with Gasteiger partial charge in [0.2, 0.25) is 17.7 Å². The van der Waals surface area contributed by atoms with E-state index >= 15 is 0 Å². The molecule has 0 aliphatic rings. The van der Waals surface area contributed by atoms with E-state index in [4.69, 9.17) is 5.73 Å². The van der Waals surface area contributed by atoms with Crippen molar-refractivity contribution in [2.45, 2.75) is 57.3 Å². The molecule has 0 saturated carbocycles. The fraction of sp³-hybridized carbons (Fsp3) is 0.357. The molecule has 0 aliphatic heterocycles. The van der Waals surface area contributed by atoms with Crippen LogP contribution in [0.25, 0.3) is 10.9 Å². The first-order chi connectivity index (χ1) is 20.1. The third kappa shape index (κ3) is 7.60. The van der Waals surface area contributed by atoms with Crippen LogP contribution < -0.4 is 21.7 Å². The SMILES string of the molecule is CC(C)C(NC(=O)C(N)Cc1cnc[nH]1)C(=O)NC(Cc1cnc[nH]1)C(=O)NC(Cc1c[nH]c2ccccc12)C(=O)O. The summed E-state index contributed by atoms with van der Waals surface area (Å²) in [6.45, 7) is 3.49. The number of amides is 3. The number of fused-ring (bicyclic) bond motifs is 1. The predicted molar refractivity (Wildman–Crippen MR) is 153 cm³/mol. The van der Waals surface area contributed by atoms with Crippen LogP contribution in [0, 0.1) is 5.92 Å². The summed E-state index contributed by atoms with van der Waals surface area (Å²) in [5.41, 5.74) is 8.83. The number of carboxylic acid groups (broad SMARTS) is 1. The third-order valence-corrected chi connectivity index (χ3v) is 6.90. The van der Waals surface area contributed by atoms with Crippen LogP contribution in [0.3, 0.4) is 0 Å². The van der Waals surface area contributed by atoms with E-state index in [9.17, 15) is 24.3 Å². The Morgan fingerprint density at radius 1 is 0.833 bits per heavy atom. The number of carboxylic acids is 1. The predicted octanol–water partition coefficient (Wildman–Crippen LogP) is 0.164. The van der Waals surface area contributed by atoms with Gasteiger partial charge >= 0.3 is 5.97 Å². The lowest BCUT2D eigenvalue weighted by Crippen LogP contribution is -2.59. The molecule has 0 saturated heterocycles. The number of aromatic amines is 3. The number of H-pyrrole nitrogens is 3. The molecule has 0 spiro atoms. The number of hydrogen-bond donors (Lipinski definition) is 8. The average Bonchev–Trinajstić information content (AvgIpc) is 3.74. The number of carbonyl (C=O) groups is 4. The molecular formula is C28H35N9O5. The summed E-state index contributed by atoms with van der Waals surface area (Å²) in [5.74, 6) is -3.43. The molecule has 4 unspecified atom stereocenters. The highest BCUT2D eigenvalue weighted by Crippen LogP contribution is 2.19. The zero-order valence-electron chi connectivity index (χ0n) is 23.3. The van der Waals surface area contributed by atoms with Gasteiger partial charge in [-0.25, -0.2) is 14.8 Å². The maximum absolute atomic E-state index is 13.5. The maximum Gasteiger partial charge on any atom is 0.326 e. The number of carbonyl (C=O) groups excluding carboxylic acids is 3. The number of nitrogens with one attached hydrogen (secondary N) is 6. The van der Waals surface area contributed by atoms with E-state index in [0.717, 1.165) is 16.5 Å². The maximum atomic E-state index is 13.5. The van der Waals surface area contributed by atoms with Crippen molar-refractivity contribution in [3.8, 4) is 0 Å². The highest BCUT2D eigenvalue weighted by Gasteiger charge is 2.32. The number of nitrogens with two attached hydrogens (primary N) is 1. The molecule has 3 heterocycles. The Kier molecular flexibility index (Phi) is 9.70. The van der Waals surface area contributed by atoms with Gasteiger partial charge < -0.3 is 41.7 Å². The van der Waals surface area contributed by atoms with Gasteiger partial charge in [0.15, 0.2) is 0 Å². The third-order valence-electron chi connectivity index (χ3n) is 6.90. The Balaban J connectivity index is 1.47. The molecule has 0 aliphatic carbocycles. The van der Waals surface area contributed by atoms with Crippen molar-refractivity contribution in [1.82, 2.24) is 40.9 Å². The van der Waals surface area contributed by atoms with E-state index in [2.05, 4.69) is 40.9 Å². The molecule has 42 heavy (non-hydrogen) atoms. The lowest BCUT2D eigenvalue weighted by molar-refractivity contribution is -0.142. The summed E-state index contributed by atoms with van der Waals surface area (Å²) in [7, 11) is 0. The summed E-state index contributed by atoms with van der Waals surface area (Å²) in [6.07, 6.45) is 7.90. The lowest BCUT2D eigenvalue weighted by atomic mass is 10.0. The zero-order chi connectivity index (χ0) is 30.2. The molecule has 9 N–H and O–H groups in total. The Labute approximate surface area is 241 Å². The normalized spacial score (nSPS) is 14.2. The Morgan fingerprint density at radius 3 is 2.10 bits per heavy atom. The molecule has 0 bridgehead atoms. The van der Waals surface area contributed by atoms with Gasteiger partial charge in [0.05, 0.1) is 18.7 Å². The second-order valence-corrected chi connectivity index (χ2v) is 10.4. The van der Waals surface area contributed by atoms with Crippen LogP contribution in [0.4, 0.5) is 0 Å². The number of para-hydroxylation sites is 1. The number of rotatable bonds is 14. The molecule has 0 radical (unpaired) electrons. The van der Waals surface area contributed by atoms with Gasteiger partial charge in [0, 0.05) is 60.1 Å². The fourth-order valence-electron chi connectivity index (χ4n) is 4.60. The molecule has 14 heteroatoms. The summed E-state index contributed by atoms with van der Waals surface area (Å²) >= 11 is 0. The Bertz CT molecular complexity index is 1500. The summed E-state index contributed by atoms with van der Waals surface area (Å²) in [4.78, 5) is 68.6. The number of aromatic nitrogens is 5. The molecule has 3 aromatic heterocycles. The van der Waals surface area contributed by atoms with Crippen LogP contribution in [0.15, 0.2) is 55.5 Å². The van der Waals surface area contributed by atoms with Gasteiger partial charge in [-0.3, -0.25) is 14.4 Å². The van der Waals surface area contributed by atoms with E-state index in [1.54, 1.807) is 26.2 Å². The quantitative estimate of drug-likeness (QED) is 0.103. The number of hydrogen-bond acceptors (Lipinski definition) is 7. The summed E-state index contributed by atoms with van der Waals surface area (Å²) in [6, 6.07) is 3.06. The first kappa shape index (κ1) is 30.0. The molecule has 4 aromatic rings. The van der Waals surface area contributed by atoms with Crippen LogP contribution in [-0.2, 0) is 38.4 Å². The average molecular weight is 578 g/mol.